The van der Waals surface area contributed by atoms with E-state index < -0.39 is 0 Å². The van der Waals surface area contributed by atoms with Crippen molar-refractivity contribution in [3.05, 3.63) is 64.6 Å². The summed E-state index contributed by atoms with van der Waals surface area (Å²) in [4.78, 5) is 18.6. The summed E-state index contributed by atoms with van der Waals surface area (Å²) >= 11 is 0. The third kappa shape index (κ3) is 2.48. The fraction of sp³-hybridized carbons (Fsp3) is 0.176. The van der Waals surface area contributed by atoms with Crippen LogP contribution in [0.5, 0.6) is 11.5 Å². The Morgan fingerprint density at radius 1 is 1.17 bits per heavy atom. The summed E-state index contributed by atoms with van der Waals surface area (Å²) < 4.78 is 12.2. The highest BCUT2D eigenvalue weighted by atomic mass is 16.7. The van der Waals surface area contributed by atoms with E-state index in [0.717, 1.165) is 17.1 Å². The van der Waals surface area contributed by atoms with Crippen LogP contribution in [0.4, 0.5) is 5.82 Å². The second-order valence-electron chi connectivity index (χ2n) is 5.43. The third-order valence-electron chi connectivity index (χ3n) is 3.81. The van der Waals surface area contributed by atoms with E-state index in [1.165, 1.54) is 4.40 Å². The number of nitrogens with zero attached hydrogens (tertiary/aromatic N) is 3. The number of anilines is 1. The molecule has 0 amide bonds. The van der Waals surface area contributed by atoms with E-state index in [9.17, 15) is 4.79 Å². The number of pyridine rings is 1. The molecule has 0 fully saturated rings. The molecular weight excluding hydrogens is 294 g/mol. The van der Waals surface area contributed by atoms with Gasteiger partial charge in [-0.05, 0) is 29.8 Å². The van der Waals surface area contributed by atoms with Gasteiger partial charge in [-0.3, -0.25) is 9.20 Å². The Morgan fingerprint density at radius 2 is 2.04 bits per heavy atom. The van der Waals surface area contributed by atoms with Gasteiger partial charge >= 0.3 is 0 Å². The molecular formula is C17H15N3O3. The van der Waals surface area contributed by atoms with Crippen LogP contribution in [0, 0.1) is 0 Å². The largest absolute Gasteiger partial charge is 0.454 e. The second kappa shape index (κ2) is 5.31. The predicted octanol–water partition coefficient (Wildman–Crippen LogP) is 2.06. The Kier molecular flexibility index (Phi) is 3.15. The minimum atomic E-state index is -0.0943. The molecule has 0 N–H and O–H groups in total. The van der Waals surface area contributed by atoms with Crippen molar-refractivity contribution >= 4 is 11.5 Å². The lowest BCUT2D eigenvalue weighted by molar-refractivity contribution is 0.174. The maximum absolute atomic E-state index is 12.2. The van der Waals surface area contributed by atoms with Crippen LogP contribution < -0.4 is 19.9 Å². The van der Waals surface area contributed by atoms with Gasteiger partial charge < -0.3 is 14.4 Å². The summed E-state index contributed by atoms with van der Waals surface area (Å²) in [5, 5.41) is 0. The van der Waals surface area contributed by atoms with E-state index >= 15 is 0 Å². The molecule has 1 aliphatic rings. The normalized spacial score (nSPS) is 12.6. The van der Waals surface area contributed by atoms with Gasteiger partial charge in [0, 0.05) is 25.9 Å². The fourth-order valence-electron chi connectivity index (χ4n) is 2.63. The topological polar surface area (TPSA) is 56.1 Å². The average molecular weight is 309 g/mol. The van der Waals surface area contributed by atoms with Crippen LogP contribution in [0.3, 0.4) is 0 Å². The Labute approximate surface area is 132 Å². The van der Waals surface area contributed by atoms with Crippen molar-refractivity contribution in [2.75, 3.05) is 18.7 Å². The summed E-state index contributed by atoms with van der Waals surface area (Å²) in [6.45, 7) is 0.879. The summed E-state index contributed by atoms with van der Waals surface area (Å²) in [6, 6.07) is 12.9. The van der Waals surface area contributed by atoms with Gasteiger partial charge in [0.05, 0.1) is 0 Å². The number of hydrogen-bond acceptors (Lipinski definition) is 5. The molecule has 0 unspecified atom stereocenters. The lowest BCUT2D eigenvalue weighted by atomic mass is 10.2. The summed E-state index contributed by atoms with van der Waals surface area (Å²) in [5.74, 6) is 2.15. The average Bonchev–Trinajstić information content (AvgIpc) is 3.02. The first-order valence-corrected chi connectivity index (χ1v) is 7.29. The summed E-state index contributed by atoms with van der Waals surface area (Å²) in [5.41, 5.74) is 1.60. The Morgan fingerprint density at radius 3 is 2.96 bits per heavy atom. The molecule has 3 aromatic rings. The summed E-state index contributed by atoms with van der Waals surface area (Å²) in [7, 11) is 1.91. The first kappa shape index (κ1) is 13.6. The highest BCUT2D eigenvalue weighted by molar-refractivity contribution is 5.49. The Bertz CT molecular complexity index is 936. The van der Waals surface area contributed by atoms with Crippen molar-refractivity contribution in [3.63, 3.8) is 0 Å². The van der Waals surface area contributed by atoms with Crippen LogP contribution in [-0.4, -0.2) is 23.2 Å². The molecule has 0 spiro atoms. The fourth-order valence-corrected chi connectivity index (χ4v) is 2.63. The zero-order valence-corrected chi connectivity index (χ0v) is 12.6. The molecule has 0 radical (unpaired) electrons. The van der Waals surface area contributed by atoms with E-state index in [-0.39, 0.29) is 12.4 Å². The van der Waals surface area contributed by atoms with Crippen LogP contribution in [0.1, 0.15) is 5.56 Å². The van der Waals surface area contributed by atoms with Gasteiger partial charge in [-0.2, -0.15) is 0 Å². The van der Waals surface area contributed by atoms with Gasteiger partial charge in [-0.25, -0.2) is 4.98 Å². The van der Waals surface area contributed by atoms with E-state index in [4.69, 9.17) is 9.47 Å². The molecule has 116 valence electrons. The molecule has 23 heavy (non-hydrogen) atoms. The number of fused-ring (bicyclic) bond motifs is 2. The molecule has 1 aliphatic heterocycles. The SMILES string of the molecule is CN(Cc1ccc2c(c1)OCO2)c1cc(=O)n2ccccc2n1. The van der Waals surface area contributed by atoms with Crippen molar-refractivity contribution in [2.45, 2.75) is 6.54 Å². The second-order valence-corrected chi connectivity index (χ2v) is 5.43. The Hall–Kier alpha value is -3.02. The van der Waals surface area contributed by atoms with Crippen LogP contribution in [0.2, 0.25) is 0 Å². The number of hydrogen-bond donors (Lipinski definition) is 0. The quantitative estimate of drug-likeness (QED) is 0.741. The number of aromatic nitrogens is 2. The van der Waals surface area contributed by atoms with Crippen LogP contribution in [0.15, 0.2) is 53.5 Å². The predicted molar refractivity (Wildman–Crippen MR) is 86.1 cm³/mol. The molecule has 1 aromatic carbocycles. The summed E-state index contributed by atoms with van der Waals surface area (Å²) in [6.07, 6.45) is 1.71. The van der Waals surface area contributed by atoms with Gasteiger partial charge in [0.2, 0.25) is 6.79 Å². The van der Waals surface area contributed by atoms with Gasteiger partial charge in [-0.1, -0.05) is 12.1 Å². The first-order valence-electron chi connectivity index (χ1n) is 7.29. The number of rotatable bonds is 3. The number of ether oxygens (including phenoxy) is 2. The molecule has 0 saturated carbocycles. The minimum Gasteiger partial charge on any atom is -0.454 e. The monoisotopic (exact) mass is 309 g/mol. The molecule has 6 heteroatoms. The molecule has 0 aliphatic carbocycles. The van der Waals surface area contributed by atoms with E-state index in [0.29, 0.717) is 18.0 Å². The molecule has 2 aromatic heterocycles. The lowest BCUT2D eigenvalue weighted by Crippen LogP contribution is -2.22. The molecule has 0 atom stereocenters. The van der Waals surface area contributed by atoms with Crippen molar-refractivity contribution in [1.82, 2.24) is 9.38 Å². The molecule has 3 heterocycles. The van der Waals surface area contributed by atoms with Gasteiger partial charge in [0.1, 0.15) is 11.5 Å². The minimum absolute atomic E-state index is 0.0943. The van der Waals surface area contributed by atoms with Crippen molar-refractivity contribution < 1.29 is 9.47 Å². The molecule has 4 rings (SSSR count). The van der Waals surface area contributed by atoms with E-state index in [1.54, 1.807) is 12.3 Å². The maximum atomic E-state index is 12.2. The Balaban J connectivity index is 1.64. The van der Waals surface area contributed by atoms with Gasteiger partial charge in [0.15, 0.2) is 11.5 Å². The van der Waals surface area contributed by atoms with Crippen molar-refractivity contribution in [2.24, 2.45) is 0 Å². The van der Waals surface area contributed by atoms with E-state index in [2.05, 4.69) is 4.98 Å². The van der Waals surface area contributed by atoms with Gasteiger partial charge in [-0.15, -0.1) is 0 Å². The highest BCUT2D eigenvalue weighted by Gasteiger charge is 2.14. The van der Waals surface area contributed by atoms with Gasteiger partial charge in [0.25, 0.3) is 5.56 Å². The van der Waals surface area contributed by atoms with Crippen LogP contribution >= 0.6 is 0 Å². The smallest absolute Gasteiger partial charge is 0.259 e. The van der Waals surface area contributed by atoms with Crippen molar-refractivity contribution in [3.8, 4) is 11.5 Å². The zero-order valence-electron chi connectivity index (χ0n) is 12.6. The molecule has 6 nitrogen and oxygen atoms in total. The highest BCUT2D eigenvalue weighted by Crippen LogP contribution is 2.32. The third-order valence-corrected chi connectivity index (χ3v) is 3.81. The molecule has 0 saturated heterocycles. The molecule has 0 bridgehead atoms. The zero-order chi connectivity index (χ0) is 15.8. The van der Waals surface area contributed by atoms with E-state index in [1.807, 2.05) is 48.3 Å². The van der Waals surface area contributed by atoms with Crippen LogP contribution in [-0.2, 0) is 6.54 Å². The first-order chi connectivity index (χ1) is 11.2. The maximum Gasteiger partial charge on any atom is 0.259 e. The lowest BCUT2D eigenvalue weighted by Gasteiger charge is -2.18. The number of benzene rings is 1. The standard InChI is InChI=1S/C17H15N3O3/c1-19(10-12-5-6-13-14(8-12)23-11-22-13)16-9-17(21)20-7-3-2-4-15(20)18-16/h2-9H,10-11H2,1H3. The van der Waals surface area contributed by atoms with Crippen LogP contribution in [0.25, 0.3) is 5.65 Å². The van der Waals surface area contributed by atoms with Crippen molar-refractivity contribution in [1.29, 1.82) is 0 Å².